The van der Waals surface area contributed by atoms with Gasteiger partial charge in [-0.15, -0.1) is 0 Å². The second-order valence-corrected chi connectivity index (χ2v) is 14.2. The molecule has 4 aromatic carbocycles. The number of hydrogen-bond acceptors (Lipinski definition) is 6. The predicted molar refractivity (Wildman–Crippen MR) is 219 cm³/mol. The van der Waals surface area contributed by atoms with Crippen LogP contribution in [0.15, 0.2) is 145 Å². The first-order valence-corrected chi connectivity index (χ1v) is 18.7. The number of anilines is 4. The molecule has 6 rings (SSSR count). The maximum Gasteiger partial charge on any atom is 0.161 e. The van der Waals surface area contributed by atoms with E-state index in [0.717, 1.165) is 72.7 Å². The minimum Gasteiger partial charge on any atom is -0.356 e. The number of nitrogens with one attached hydrogen (secondary N) is 4. The van der Waals surface area contributed by atoms with Crippen LogP contribution >= 0.6 is 0 Å². The highest BCUT2D eigenvalue weighted by molar-refractivity contribution is 5.56. The average molecular weight is 695 g/mol. The van der Waals surface area contributed by atoms with E-state index in [0.29, 0.717) is 13.2 Å². The lowest BCUT2D eigenvalue weighted by molar-refractivity contribution is 0.00646. The summed E-state index contributed by atoms with van der Waals surface area (Å²) in [5, 5.41) is 14.4. The topological polar surface area (TPSA) is 66.6 Å². The van der Waals surface area contributed by atoms with Gasteiger partial charge >= 0.3 is 0 Å². The van der Waals surface area contributed by atoms with Crippen LogP contribution in [0.3, 0.4) is 0 Å². The largest absolute Gasteiger partial charge is 0.356 e. The normalized spacial score (nSPS) is 19.5. The molecule has 2 aliphatic carbocycles. The molecule has 0 spiro atoms. The highest BCUT2D eigenvalue weighted by Crippen LogP contribution is 2.31. The molecule has 0 bridgehead atoms. The Balaban J connectivity index is 0.988. The monoisotopic (exact) mass is 694 g/mol. The zero-order chi connectivity index (χ0) is 36.2. The lowest BCUT2D eigenvalue weighted by Gasteiger charge is -2.35. The summed E-state index contributed by atoms with van der Waals surface area (Å²) in [5.74, 6) is 0. The van der Waals surface area contributed by atoms with Crippen LogP contribution in [0.25, 0.3) is 0 Å². The van der Waals surface area contributed by atoms with Crippen LogP contribution in [0.2, 0.25) is 0 Å². The molecule has 2 aliphatic rings. The molecule has 2 atom stereocenters. The average Bonchev–Trinajstić information content (AvgIpc) is 3.15. The van der Waals surface area contributed by atoms with Gasteiger partial charge in [0.05, 0.1) is 0 Å². The van der Waals surface area contributed by atoms with E-state index < -0.39 is 11.4 Å². The Hall–Kier alpha value is -5.04. The van der Waals surface area contributed by atoms with Crippen molar-refractivity contribution in [3.8, 4) is 0 Å². The summed E-state index contributed by atoms with van der Waals surface area (Å²) in [7, 11) is 0. The molecule has 0 aromatic heterocycles. The Bertz CT molecular complexity index is 1720. The zero-order valence-electron chi connectivity index (χ0n) is 31.2. The van der Waals surface area contributed by atoms with E-state index in [4.69, 9.17) is 9.47 Å². The molecule has 0 saturated heterocycles. The minimum atomic E-state index is -0.598. The van der Waals surface area contributed by atoms with Gasteiger partial charge < -0.3 is 30.7 Å². The molecular weight excluding hydrogens is 641 g/mol. The van der Waals surface area contributed by atoms with Crippen molar-refractivity contribution in [1.82, 2.24) is 0 Å². The number of benzene rings is 4. The fraction of sp³-hybridized carbons (Fsp3) is 0.304. The lowest BCUT2D eigenvalue weighted by atomic mass is 10.0. The van der Waals surface area contributed by atoms with Crippen LogP contribution < -0.4 is 21.3 Å². The fourth-order valence-corrected chi connectivity index (χ4v) is 6.34. The van der Waals surface area contributed by atoms with Gasteiger partial charge in [0.2, 0.25) is 0 Å². The molecule has 4 aromatic rings. The highest BCUT2D eigenvalue weighted by atomic mass is 16.5. The third-order valence-electron chi connectivity index (χ3n) is 9.57. The number of hydrogen-bond donors (Lipinski definition) is 4. The first-order valence-electron chi connectivity index (χ1n) is 18.7. The van der Waals surface area contributed by atoms with E-state index in [1.54, 1.807) is 0 Å². The van der Waals surface area contributed by atoms with Crippen LogP contribution in [0.4, 0.5) is 22.7 Å². The standard InChI is InChI=1S/C46H54N4O2/c1-35-9-17-39(18-10-35)47-41-25-29-45(30-26-41,49-43-21-13-37(3)14-22-43)51-33-7-5-6-8-34-52-46(50-44-23-15-38(4)16-24-44)31-27-42(28-32-46)48-40-19-11-36(2)12-20-40/h9-29,31,47-50H,5-8,30,32-34H2,1-4H3. The quantitative estimate of drug-likeness (QED) is 0.0652. The number of ether oxygens (including phenoxy) is 2. The summed E-state index contributed by atoms with van der Waals surface area (Å²) in [6.45, 7) is 9.76. The van der Waals surface area contributed by atoms with Crippen molar-refractivity contribution in [2.24, 2.45) is 0 Å². The van der Waals surface area contributed by atoms with E-state index in [1.807, 2.05) is 0 Å². The van der Waals surface area contributed by atoms with Gasteiger partial charge in [-0.3, -0.25) is 0 Å². The van der Waals surface area contributed by atoms with Crippen LogP contribution in [0, 0.1) is 27.7 Å². The lowest BCUT2D eigenvalue weighted by Crippen LogP contribution is -2.40. The Morgan fingerprint density at radius 1 is 0.442 bits per heavy atom. The van der Waals surface area contributed by atoms with Gasteiger partial charge in [-0.05, 0) is 113 Å². The smallest absolute Gasteiger partial charge is 0.161 e. The summed E-state index contributed by atoms with van der Waals surface area (Å²) >= 11 is 0. The molecule has 0 radical (unpaired) electrons. The molecule has 0 aliphatic heterocycles. The van der Waals surface area contributed by atoms with Crippen molar-refractivity contribution in [3.63, 3.8) is 0 Å². The molecule has 6 nitrogen and oxygen atoms in total. The molecule has 0 saturated carbocycles. The van der Waals surface area contributed by atoms with Gasteiger partial charge in [0, 0.05) is 60.2 Å². The first kappa shape index (κ1) is 36.7. The maximum atomic E-state index is 6.64. The van der Waals surface area contributed by atoms with Crippen molar-refractivity contribution >= 4 is 22.7 Å². The van der Waals surface area contributed by atoms with E-state index in [9.17, 15) is 0 Å². The predicted octanol–water partition coefficient (Wildman–Crippen LogP) is 11.3. The van der Waals surface area contributed by atoms with Crippen LogP contribution in [0.1, 0.15) is 60.8 Å². The second kappa shape index (κ2) is 17.5. The summed E-state index contributed by atoms with van der Waals surface area (Å²) in [5.41, 5.74) is 10.2. The van der Waals surface area contributed by atoms with Gasteiger partial charge in [0.15, 0.2) is 11.4 Å². The number of allylic oxidation sites excluding steroid dienone is 2. The van der Waals surface area contributed by atoms with E-state index in [1.165, 1.54) is 22.3 Å². The highest BCUT2D eigenvalue weighted by Gasteiger charge is 2.30. The van der Waals surface area contributed by atoms with Crippen molar-refractivity contribution < 1.29 is 9.47 Å². The SMILES string of the molecule is Cc1ccc(NC2=CCC(Nc3ccc(C)cc3)(OCCCCCCOC3(Nc4ccc(C)cc4)C=CC(Nc4ccc(C)cc4)=CC3)C=C2)cc1. The summed E-state index contributed by atoms with van der Waals surface area (Å²) in [4.78, 5) is 0. The molecule has 52 heavy (non-hydrogen) atoms. The zero-order valence-corrected chi connectivity index (χ0v) is 31.2. The van der Waals surface area contributed by atoms with Gasteiger partial charge in [-0.2, -0.15) is 0 Å². The summed E-state index contributed by atoms with van der Waals surface area (Å²) in [6, 6.07) is 34.0. The molecular formula is C46H54N4O2. The van der Waals surface area contributed by atoms with Crippen molar-refractivity contribution in [2.75, 3.05) is 34.5 Å². The molecule has 0 heterocycles. The second-order valence-electron chi connectivity index (χ2n) is 14.2. The number of rotatable bonds is 17. The Labute approximate surface area is 310 Å². The molecule has 270 valence electrons. The fourth-order valence-electron chi connectivity index (χ4n) is 6.34. The van der Waals surface area contributed by atoms with Gasteiger partial charge in [-0.1, -0.05) is 95.8 Å². The van der Waals surface area contributed by atoms with E-state index in [2.05, 4.69) is 182 Å². The van der Waals surface area contributed by atoms with Gasteiger partial charge in [-0.25, -0.2) is 0 Å². The van der Waals surface area contributed by atoms with Crippen LogP contribution in [0.5, 0.6) is 0 Å². The third kappa shape index (κ3) is 10.7. The number of unbranched alkanes of at least 4 members (excludes halogenated alkanes) is 3. The van der Waals surface area contributed by atoms with E-state index >= 15 is 0 Å². The summed E-state index contributed by atoms with van der Waals surface area (Å²) < 4.78 is 13.3. The molecule has 6 heteroatoms. The summed E-state index contributed by atoms with van der Waals surface area (Å²) in [6.07, 6.45) is 18.5. The first-order chi connectivity index (χ1) is 25.3. The van der Waals surface area contributed by atoms with Gasteiger partial charge in [0.1, 0.15) is 0 Å². The van der Waals surface area contributed by atoms with Crippen molar-refractivity contribution in [1.29, 1.82) is 0 Å². The molecule has 2 unspecified atom stereocenters. The third-order valence-corrected chi connectivity index (χ3v) is 9.57. The molecule has 0 amide bonds. The van der Waals surface area contributed by atoms with E-state index in [-0.39, 0.29) is 0 Å². The van der Waals surface area contributed by atoms with Crippen LogP contribution in [-0.4, -0.2) is 24.7 Å². The Morgan fingerprint density at radius 3 is 1.08 bits per heavy atom. The Kier molecular flexibility index (Phi) is 12.3. The number of aryl methyl sites for hydroxylation is 4. The van der Waals surface area contributed by atoms with Crippen LogP contribution in [-0.2, 0) is 9.47 Å². The van der Waals surface area contributed by atoms with Gasteiger partial charge in [0.25, 0.3) is 0 Å². The minimum absolute atomic E-state index is 0.598. The maximum absolute atomic E-state index is 6.64. The van der Waals surface area contributed by atoms with Crippen molar-refractivity contribution in [3.05, 3.63) is 167 Å². The van der Waals surface area contributed by atoms with Crippen molar-refractivity contribution in [2.45, 2.75) is 77.7 Å². The molecule has 0 fully saturated rings. The molecule has 4 N–H and O–H groups in total. The Morgan fingerprint density at radius 2 is 0.769 bits per heavy atom.